The molecule has 1 aromatic rings. The third kappa shape index (κ3) is 3.55. The topological polar surface area (TPSA) is 98.1 Å². The van der Waals surface area contributed by atoms with Crippen LogP contribution in [0.3, 0.4) is 0 Å². The summed E-state index contributed by atoms with van der Waals surface area (Å²) in [6.45, 7) is 5.10. The fourth-order valence-electron chi connectivity index (χ4n) is 2.55. The normalized spacial score (nSPS) is 17.5. The molecular weight excluding hydrogens is 330 g/mol. The first-order valence-electron chi connectivity index (χ1n) is 8.13. The predicted molar refractivity (Wildman–Crippen MR) is 88.6 cm³/mol. The number of ether oxygens (including phenoxy) is 1. The maximum Gasteiger partial charge on any atom is 0.337 e. The van der Waals surface area contributed by atoms with E-state index in [1.165, 1.54) is 24.6 Å². The van der Waals surface area contributed by atoms with Crippen molar-refractivity contribution in [3.8, 4) is 0 Å². The van der Waals surface area contributed by atoms with Crippen LogP contribution in [0.4, 0.5) is 4.79 Å². The molecular formula is C15H21N5O3S. The number of amides is 2. The summed E-state index contributed by atoms with van der Waals surface area (Å²) < 4.78 is 7.16. The summed E-state index contributed by atoms with van der Waals surface area (Å²) in [7, 11) is 0. The first-order valence-corrected chi connectivity index (χ1v) is 9.12. The van der Waals surface area contributed by atoms with E-state index in [1.807, 2.05) is 0 Å². The van der Waals surface area contributed by atoms with Crippen LogP contribution >= 0.6 is 11.8 Å². The van der Waals surface area contributed by atoms with Crippen LogP contribution in [0.15, 0.2) is 16.4 Å². The molecule has 2 aliphatic rings. The van der Waals surface area contributed by atoms with Gasteiger partial charge in [-0.05, 0) is 26.7 Å². The number of carbonyl (C=O) groups is 2. The molecule has 24 heavy (non-hydrogen) atoms. The number of carbonyl (C=O) groups excluding carboxylic acids is 2. The van der Waals surface area contributed by atoms with E-state index in [1.54, 1.807) is 6.92 Å². The van der Waals surface area contributed by atoms with Gasteiger partial charge in [0.05, 0.1) is 18.7 Å². The third-order valence-corrected chi connectivity index (χ3v) is 4.92. The highest BCUT2D eigenvalue weighted by Crippen LogP contribution is 2.40. The molecule has 0 spiro atoms. The number of aromatic nitrogens is 3. The molecule has 130 valence electrons. The van der Waals surface area contributed by atoms with Crippen LogP contribution in [0.2, 0.25) is 0 Å². The van der Waals surface area contributed by atoms with Gasteiger partial charge in [-0.15, -0.1) is 10.2 Å². The van der Waals surface area contributed by atoms with Gasteiger partial charge in [0.2, 0.25) is 0 Å². The van der Waals surface area contributed by atoms with E-state index in [4.69, 9.17) is 4.74 Å². The Hall–Kier alpha value is -2.03. The highest BCUT2D eigenvalue weighted by atomic mass is 32.2. The second-order valence-electron chi connectivity index (χ2n) is 5.63. The van der Waals surface area contributed by atoms with E-state index in [0.717, 1.165) is 17.5 Å². The number of hydrogen-bond donors (Lipinski definition) is 2. The Morgan fingerprint density at radius 1 is 1.38 bits per heavy atom. The smallest absolute Gasteiger partial charge is 0.337 e. The molecule has 0 bridgehead atoms. The van der Waals surface area contributed by atoms with Crippen molar-refractivity contribution in [2.45, 2.75) is 44.3 Å². The van der Waals surface area contributed by atoms with Gasteiger partial charge >= 0.3 is 12.0 Å². The van der Waals surface area contributed by atoms with Crippen LogP contribution in [0.1, 0.15) is 38.4 Å². The van der Waals surface area contributed by atoms with Crippen LogP contribution in [0, 0.1) is 0 Å². The van der Waals surface area contributed by atoms with Crippen molar-refractivity contribution in [1.82, 2.24) is 25.4 Å². The lowest BCUT2D eigenvalue weighted by atomic mass is 10.2. The van der Waals surface area contributed by atoms with Gasteiger partial charge in [-0.1, -0.05) is 11.8 Å². The Bertz CT molecular complexity index is 681. The molecule has 1 saturated carbocycles. The molecule has 8 nitrogen and oxygen atoms in total. The fourth-order valence-corrected chi connectivity index (χ4v) is 3.55. The lowest BCUT2D eigenvalue weighted by Crippen LogP contribution is -2.44. The number of nitrogens with zero attached hydrogens (tertiary/aromatic N) is 3. The van der Waals surface area contributed by atoms with Crippen molar-refractivity contribution in [1.29, 1.82) is 0 Å². The molecule has 3 rings (SSSR count). The van der Waals surface area contributed by atoms with Crippen LogP contribution in [-0.2, 0) is 16.1 Å². The minimum absolute atomic E-state index is 0.175. The third-order valence-electron chi connectivity index (χ3n) is 3.93. The lowest BCUT2D eigenvalue weighted by Gasteiger charge is -2.21. The van der Waals surface area contributed by atoms with Crippen molar-refractivity contribution in [2.75, 3.05) is 18.9 Å². The van der Waals surface area contributed by atoms with E-state index >= 15 is 0 Å². The largest absolute Gasteiger partial charge is 0.463 e. The number of rotatable bonds is 7. The minimum Gasteiger partial charge on any atom is -0.463 e. The first kappa shape index (κ1) is 16.8. The maximum atomic E-state index is 12.0. The summed E-state index contributed by atoms with van der Waals surface area (Å²) in [5.41, 5.74) is 1.02. The second-order valence-corrected chi connectivity index (χ2v) is 6.58. The van der Waals surface area contributed by atoms with E-state index in [-0.39, 0.29) is 12.6 Å². The molecule has 0 saturated heterocycles. The Morgan fingerprint density at radius 2 is 2.17 bits per heavy atom. The molecule has 0 aromatic carbocycles. The van der Waals surface area contributed by atoms with Crippen molar-refractivity contribution in [2.24, 2.45) is 0 Å². The highest BCUT2D eigenvalue weighted by molar-refractivity contribution is 7.99. The number of esters is 1. The molecule has 0 atom stereocenters. The van der Waals surface area contributed by atoms with Crippen LogP contribution in [-0.4, -0.2) is 45.7 Å². The standard InChI is InChI=1S/C15H21N5O3S/c1-3-20-12(9-5-6-9)18-19-15(20)24-8-11-10(13(21)23-4-2)7-16-14(22)17-11/h9H,3-8H2,1-2H3,(H2,16,17,22). The minimum atomic E-state index is -0.406. The molecule has 1 aliphatic heterocycles. The zero-order valence-corrected chi connectivity index (χ0v) is 14.6. The lowest BCUT2D eigenvalue weighted by molar-refractivity contribution is -0.138. The summed E-state index contributed by atoms with van der Waals surface area (Å²) in [5, 5.41) is 14.7. The zero-order chi connectivity index (χ0) is 17.1. The number of nitrogens with one attached hydrogen (secondary N) is 2. The van der Waals surface area contributed by atoms with Gasteiger partial charge in [0.1, 0.15) is 5.82 Å². The molecule has 0 unspecified atom stereocenters. The molecule has 1 fully saturated rings. The average Bonchev–Trinajstić information content (AvgIpc) is 3.33. The van der Waals surface area contributed by atoms with Crippen LogP contribution < -0.4 is 10.6 Å². The second kappa shape index (κ2) is 7.25. The van der Waals surface area contributed by atoms with Gasteiger partial charge in [-0.25, -0.2) is 9.59 Å². The van der Waals surface area contributed by atoms with Crippen molar-refractivity contribution in [3.05, 3.63) is 17.1 Å². The monoisotopic (exact) mass is 351 g/mol. The summed E-state index contributed by atoms with van der Waals surface area (Å²) >= 11 is 1.47. The molecule has 2 amide bonds. The van der Waals surface area contributed by atoms with Crippen molar-refractivity contribution in [3.63, 3.8) is 0 Å². The van der Waals surface area contributed by atoms with Gasteiger partial charge in [-0.2, -0.15) is 0 Å². The average molecular weight is 351 g/mol. The van der Waals surface area contributed by atoms with Gasteiger partial charge < -0.3 is 19.9 Å². The van der Waals surface area contributed by atoms with E-state index in [0.29, 0.717) is 29.5 Å². The molecule has 2 N–H and O–H groups in total. The summed E-state index contributed by atoms with van der Waals surface area (Å²) in [4.78, 5) is 23.6. The summed E-state index contributed by atoms with van der Waals surface area (Å²) in [6, 6.07) is -0.311. The van der Waals surface area contributed by atoms with E-state index < -0.39 is 5.97 Å². The quantitative estimate of drug-likeness (QED) is 0.569. The van der Waals surface area contributed by atoms with Gasteiger partial charge in [0.25, 0.3) is 0 Å². The van der Waals surface area contributed by atoms with Gasteiger partial charge in [0, 0.05) is 23.9 Å². The first-order chi connectivity index (χ1) is 11.6. The SMILES string of the molecule is CCOC(=O)C1=C(CSc2nnc(C3CC3)n2CC)NC(=O)NC1. The summed E-state index contributed by atoms with van der Waals surface area (Å²) in [5.74, 6) is 1.59. The summed E-state index contributed by atoms with van der Waals surface area (Å²) in [6.07, 6.45) is 2.34. The number of thioether (sulfide) groups is 1. The van der Waals surface area contributed by atoms with E-state index in [9.17, 15) is 9.59 Å². The van der Waals surface area contributed by atoms with Crippen LogP contribution in [0.5, 0.6) is 0 Å². The Balaban J connectivity index is 1.75. The maximum absolute atomic E-state index is 12.0. The Labute approximate surface area is 144 Å². The zero-order valence-electron chi connectivity index (χ0n) is 13.8. The number of hydrogen-bond acceptors (Lipinski definition) is 6. The molecule has 9 heteroatoms. The molecule has 2 heterocycles. The van der Waals surface area contributed by atoms with Crippen molar-refractivity contribution >= 4 is 23.8 Å². The van der Waals surface area contributed by atoms with Crippen LogP contribution in [0.25, 0.3) is 0 Å². The van der Waals surface area contributed by atoms with Gasteiger partial charge in [-0.3, -0.25) is 0 Å². The van der Waals surface area contributed by atoms with Crippen molar-refractivity contribution < 1.29 is 14.3 Å². The molecule has 0 radical (unpaired) electrons. The van der Waals surface area contributed by atoms with Gasteiger partial charge in [0.15, 0.2) is 5.16 Å². The van der Waals surface area contributed by atoms with E-state index in [2.05, 4.69) is 32.3 Å². The fraction of sp³-hybridized carbons (Fsp3) is 0.600. The predicted octanol–water partition coefficient (Wildman–Crippen LogP) is 1.40. The molecule has 1 aliphatic carbocycles. The molecule has 1 aromatic heterocycles. The number of urea groups is 1. The Morgan fingerprint density at radius 3 is 2.83 bits per heavy atom. The highest BCUT2D eigenvalue weighted by Gasteiger charge is 2.30. The Kier molecular flexibility index (Phi) is 5.08.